The number of aromatic nitrogens is 1. The van der Waals surface area contributed by atoms with Gasteiger partial charge in [0.15, 0.2) is 0 Å². The Bertz CT molecular complexity index is 978. The predicted octanol–water partition coefficient (Wildman–Crippen LogP) is 5.82. The number of pyridine rings is 1. The van der Waals surface area contributed by atoms with Gasteiger partial charge in [-0.1, -0.05) is 50.2 Å². The fourth-order valence-corrected chi connectivity index (χ4v) is 2.86. The van der Waals surface area contributed by atoms with E-state index in [1.54, 1.807) is 24.3 Å². The molecule has 3 aromatic rings. The third-order valence-corrected chi connectivity index (χ3v) is 4.63. The summed E-state index contributed by atoms with van der Waals surface area (Å²) in [5.41, 5.74) is 2.62. The first-order chi connectivity index (χ1) is 13.7. The van der Waals surface area contributed by atoms with Gasteiger partial charge in [-0.2, -0.15) is 13.2 Å². The lowest BCUT2D eigenvalue weighted by Gasteiger charge is -2.10. The number of amides is 1. The normalized spacial score (nSPS) is 11.5. The van der Waals surface area contributed by atoms with Crippen molar-refractivity contribution >= 4 is 5.91 Å². The molecule has 0 aliphatic carbocycles. The third kappa shape index (κ3) is 5.22. The average molecular weight is 398 g/mol. The van der Waals surface area contributed by atoms with Crippen LogP contribution in [0.3, 0.4) is 0 Å². The number of carbonyl (C=O) groups is 1. The highest BCUT2D eigenvalue weighted by Gasteiger charge is 2.30. The summed E-state index contributed by atoms with van der Waals surface area (Å²) in [5.74, 6) is 0.199. The molecule has 0 spiro atoms. The topological polar surface area (TPSA) is 42.0 Å². The Morgan fingerprint density at radius 3 is 2.24 bits per heavy atom. The predicted molar refractivity (Wildman–Crippen MR) is 106 cm³/mol. The molecule has 0 bridgehead atoms. The van der Waals surface area contributed by atoms with Crippen LogP contribution in [0.25, 0.3) is 11.3 Å². The second kappa shape index (κ2) is 8.47. The summed E-state index contributed by atoms with van der Waals surface area (Å²) in [5, 5.41) is 2.85. The van der Waals surface area contributed by atoms with Gasteiger partial charge in [-0.05, 0) is 41.3 Å². The highest BCUT2D eigenvalue weighted by Crippen LogP contribution is 2.31. The molecule has 0 saturated heterocycles. The summed E-state index contributed by atoms with van der Waals surface area (Å²) in [4.78, 5) is 16.3. The van der Waals surface area contributed by atoms with Crippen LogP contribution < -0.4 is 5.32 Å². The molecular weight excluding hydrogens is 377 g/mol. The minimum atomic E-state index is -4.43. The van der Waals surface area contributed by atoms with Crippen LogP contribution in [0.15, 0.2) is 66.9 Å². The van der Waals surface area contributed by atoms with E-state index in [0.29, 0.717) is 23.6 Å². The third-order valence-electron chi connectivity index (χ3n) is 4.63. The van der Waals surface area contributed by atoms with E-state index in [1.165, 1.54) is 5.56 Å². The Kier molecular flexibility index (Phi) is 6.01. The first kappa shape index (κ1) is 20.6. The Hall–Kier alpha value is -3.15. The second-order valence-electron chi connectivity index (χ2n) is 7.08. The number of nitrogens with one attached hydrogen (secondary N) is 1. The van der Waals surface area contributed by atoms with Crippen LogP contribution >= 0.6 is 0 Å². The van der Waals surface area contributed by atoms with E-state index in [1.807, 2.05) is 24.3 Å². The number of carbonyl (C=O) groups excluding carboxylic acids is 1. The number of rotatable bonds is 5. The molecule has 3 nitrogen and oxygen atoms in total. The molecule has 0 aliphatic heterocycles. The molecular formula is C23H21F3N2O. The van der Waals surface area contributed by atoms with E-state index in [9.17, 15) is 18.0 Å². The zero-order chi connectivity index (χ0) is 21.0. The number of hydrogen-bond donors (Lipinski definition) is 1. The van der Waals surface area contributed by atoms with Gasteiger partial charge in [0.1, 0.15) is 0 Å². The molecule has 2 aromatic carbocycles. The van der Waals surface area contributed by atoms with Gasteiger partial charge in [0.05, 0.1) is 11.3 Å². The number of hydrogen-bond acceptors (Lipinski definition) is 2. The summed E-state index contributed by atoms with van der Waals surface area (Å²) in [6.45, 7) is 4.64. The van der Waals surface area contributed by atoms with Crippen LogP contribution in [0.5, 0.6) is 0 Å². The van der Waals surface area contributed by atoms with Gasteiger partial charge < -0.3 is 5.32 Å². The zero-order valence-corrected chi connectivity index (χ0v) is 16.1. The monoisotopic (exact) mass is 398 g/mol. The van der Waals surface area contributed by atoms with Crippen LogP contribution in [-0.2, 0) is 12.7 Å². The average Bonchev–Trinajstić information content (AvgIpc) is 2.72. The lowest BCUT2D eigenvalue weighted by molar-refractivity contribution is -0.137. The molecule has 0 aliphatic rings. The van der Waals surface area contributed by atoms with Crippen molar-refractivity contribution in [2.24, 2.45) is 0 Å². The standard InChI is InChI=1S/C23H21F3N2O/c1-15(2)17-5-3-16(4-6-17)14-28-22(29)19-9-7-18(8-10-19)21-13-20(11-12-27-21)23(24,25)26/h3-13,15H,14H2,1-2H3,(H,28,29). The SMILES string of the molecule is CC(C)c1ccc(CNC(=O)c2ccc(-c3cc(C(F)(F)F)ccn3)cc2)cc1. The molecule has 0 saturated carbocycles. The maximum atomic E-state index is 12.9. The fourth-order valence-electron chi connectivity index (χ4n) is 2.86. The summed E-state index contributed by atoms with van der Waals surface area (Å²) >= 11 is 0. The molecule has 0 radical (unpaired) electrons. The number of alkyl halides is 3. The van der Waals surface area contributed by atoms with Crippen molar-refractivity contribution < 1.29 is 18.0 Å². The molecule has 0 fully saturated rings. The fraction of sp³-hybridized carbons (Fsp3) is 0.217. The molecule has 0 atom stereocenters. The Labute approximate surface area is 167 Å². The molecule has 1 heterocycles. The number of nitrogens with zero attached hydrogens (tertiary/aromatic N) is 1. The van der Waals surface area contributed by atoms with Crippen molar-refractivity contribution in [3.63, 3.8) is 0 Å². The highest BCUT2D eigenvalue weighted by molar-refractivity contribution is 5.94. The van der Waals surface area contributed by atoms with Crippen LogP contribution in [-0.4, -0.2) is 10.9 Å². The molecule has 1 amide bonds. The highest BCUT2D eigenvalue weighted by atomic mass is 19.4. The van der Waals surface area contributed by atoms with E-state index in [0.717, 1.165) is 23.9 Å². The lowest BCUT2D eigenvalue weighted by atomic mass is 10.0. The maximum Gasteiger partial charge on any atom is 0.416 e. The minimum Gasteiger partial charge on any atom is -0.348 e. The van der Waals surface area contributed by atoms with Gasteiger partial charge in [-0.15, -0.1) is 0 Å². The van der Waals surface area contributed by atoms with Crippen molar-refractivity contribution in [3.8, 4) is 11.3 Å². The van der Waals surface area contributed by atoms with Crippen molar-refractivity contribution in [2.45, 2.75) is 32.5 Å². The molecule has 1 N–H and O–H groups in total. The van der Waals surface area contributed by atoms with Gasteiger partial charge in [0.2, 0.25) is 0 Å². The second-order valence-corrected chi connectivity index (χ2v) is 7.08. The molecule has 0 unspecified atom stereocenters. The van der Waals surface area contributed by atoms with Crippen molar-refractivity contribution in [1.29, 1.82) is 0 Å². The minimum absolute atomic E-state index is 0.206. The van der Waals surface area contributed by atoms with Crippen molar-refractivity contribution in [3.05, 3.63) is 89.1 Å². The Balaban J connectivity index is 1.66. The molecule has 29 heavy (non-hydrogen) atoms. The van der Waals surface area contributed by atoms with E-state index in [4.69, 9.17) is 0 Å². The summed E-state index contributed by atoms with van der Waals surface area (Å²) < 4.78 is 38.6. The Morgan fingerprint density at radius 2 is 1.66 bits per heavy atom. The largest absolute Gasteiger partial charge is 0.416 e. The molecule has 1 aromatic heterocycles. The first-order valence-electron chi connectivity index (χ1n) is 9.25. The summed E-state index contributed by atoms with van der Waals surface area (Å²) in [6, 6.07) is 16.3. The van der Waals surface area contributed by atoms with Gasteiger partial charge in [-0.25, -0.2) is 0 Å². The molecule has 150 valence electrons. The number of benzene rings is 2. The van der Waals surface area contributed by atoms with Crippen LogP contribution in [0.2, 0.25) is 0 Å². The van der Waals surface area contributed by atoms with E-state index >= 15 is 0 Å². The molecule has 3 rings (SSSR count). The Morgan fingerprint density at radius 1 is 1.00 bits per heavy atom. The maximum absolute atomic E-state index is 12.9. The van der Waals surface area contributed by atoms with Crippen molar-refractivity contribution in [2.75, 3.05) is 0 Å². The first-order valence-corrected chi connectivity index (χ1v) is 9.25. The van der Waals surface area contributed by atoms with Gasteiger partial charge in [0.25, 0.3) is 5.91 Å². The van der Waals surface area contributed by atoms with E-state index < -0.39 is 11.7 Å². The van der Waals surface area contributed by atoms with Crippen LogP contribution in [0.1, 0.15) is 46.8 Å². The zero-order valence-electron chi connectivity index (χ0n) is 16.1. The summed E-state index contributed by atoms with van der Waals surface area (Å²) in [7, 11) is 0. The van der Waals surface area contributed by atoms with Crippen molar-refractivity contribution in [1.82, 2.24) is 10.3 Å². The van der Waals surface area contributed by atoms with Gasteiger partial charge in [0, 0.05) is 23.9 Å². The quantitative estimate of drug-likeness (QED) is 0.588. The lowest BCUT2D eigenvalue weighted by Crippen LogP contribution is -2.22. The number of halogens is 3. The molecule has 6 heteroatoms. The van der Waals surface area contributed by atoms with Gasteiger partial charge in [-0.3, -0.25) is 9.78 Å². The van der Waals surface area contributed by atoms with Gasteiger partial charge >= 0.3 is 6.18 Å². The van der Waals surface area contributed by atoms with E-state index in [-0.39, 0.29) is 11.6 Å². The van der Waals surface area contributed by atoms with E-state index in [2.05, 4.69) is 24.1 Å². The smallest absolute Gasteiger partial charge is 0.348 e. The van der Waals surface area contributed by atoms with Crippen LogP contribution in [0, 0.1) is 0 Å². The summed E-state index contributed by atoms with van der Waals surface area (Å²) in [6.07, 6.45) is -3.30. The van der Waals surface area contributed by atoms with Crippen LogP contribution in [0.4, 0.5) is 13.2 Å².